The van der Waals surface area contributed by atoms with Crippen molar-refractivity contribution in [3.05, 3.63) is 59.2 Å². The minimum Gasteiger partial charge on any atom is -0.490 e. The second kappa shape index (κ2) is 9.63. The molecule has 7 nitrogen and oxygen atoms in total. The summed E-state index contributed by atoms with van der Waals surface area (Å²) in [6, 6.07) is 11.3. The van der Waals surface area contributed by atoms with Gasteiger partial charge in [-0.1, -0.05) is 37.1 Å². The minimum atomic E-state index is -0.777. The van der Waals surface area contributed by atoms with Gasteiger partial charge in [-0.15, -0.1) is 6.42 Å². The van der Waals surface area contributed by atoms with Crippen molar-refractivity contribution in [3.63, 3.8) is 0 Å². The molecule has 1 aliphatic rings. The van der Waals surface area contributed by atoms with Gasteiger partial charge in [-0.05, 0) is 48.7 Å². The second-order valence-corrected chi connectivity index (χ2v) is 6.57. The Bertz CT molecular complexity index is 1100. The third-order valence-corrected chi connectivity index (χ3v) is 4.60. The molecule has 0 spiro atoms. The number of hydrogen-bond acceptors (Lipinski definition) is 5. The maximum absolute atomic E-state index is 13.1. The number of nitrogens with one attached hydrogen (secondary N) is 1. The summed E-state index contributed by atoms with van der Waals surface area (Å²) in [4.78, 5) is 39.0. The second-order valence-electron chi connectivity index (χ2n) is 6.57. The quantitative estimate of drug-likeness (QED) is 0.424. The first kappa shape index (κ1) is 21.7. The third kappa shape index (κ3) is 4.59. The molecule has 1 heterocycles. The van der Waals surface area contributed by atoms with Gasteiger partial charge in [-0.25, -0.2) is 9.69 Å². The number of para-hydroxylation sites is 1. The Morgan fingerprint density at radius 1 is 1.06 bits per heavy atom. The van der Waals surface area contributed by atoms with Crippen molar-refractivity contribution in [1.82, 2.24) is 5.32 Å². The van der Waals surface area contributed by atoms with Gasteiger partial charge < -0.3 is 9.47 Å². The van der Waals surface area contributed by atoms with Gasteiger partial charge in [0.1, 0.15) is 12.2 Å². The largest absolute Gasteiger partial charge is 0.490 e. The summed E-state index contributed by atoms with van der Waals surface area (Å²) in [5, 5.41) is 2.24. The molecule has 3 rings (SSSR count). The zero-order valence-corrected chi connectivity index (χ0v) is 17.3. The van der Waals surface area contributed by atoms with Crippen molar-refractivity contribution in [1.29, 1.82) is 0 Å². The Morgan fingerprint density at radius 3 is 2.55 bits per heavy atom. The molecule has 2 aromatic carbocycles. The molecule has 0 radical (unpaired) electrons. The highest BCUT2D eigenvalue weighted by Crippen LogP contribution is 2.30. The number of imide groups is 2. The van der Waals surface area contributed by atoms with Crippen LogP contribution in [0.2, 0.25) is 0 Å². The Morgan fingerprint density at radius 2 is 1.84 bits per heavy atom. The standard InChI is InChI=1S/C24H22N2O5/c1-4-13-31-20-12-11-16(15-21(20)30-6-3)14-18-22(27)25-24(29)26(23(18)28)19-10-8-7-9-17(19)5-2/h1,7-12,14-15H,5-6,13H2,2-3H3,(H,25,27,29). The smallest absolute Gasteiger partial charge is 0.335 e. The molecule has 1 fully saturated rings. The van der Waals surface area contributed by atoms with E-state index < -0.39 is 17.8 Å². The fraction of sp³-hybridized carbons (Fsp3) is 0.208. The molecule has 1 saturated heterocycles. The van der Waals surface area contributed by atoms with Crippen LogP contribution in [0.5, 0.6) is 11.5 Å². The van der Waals surface area contributed by atoms with Gasteiger partial charge in [0.25, 0.3) is 11.8 Å². The van der Waals surface area contributed by atoms with Gasteiger partial charge in [0.15, 0.2) is 11.5 Å². The average molecular weight is 418 g/mol. The average Bonchev–Trinajstić information content (AvgIpc) is 2.76. The Balaban J connectivity index is 2.00. The molecule has 7 heteroatoms. The first-order valence-electron chi connectivity index (χ1n) is 9.82. The summed E-state index contributed by atoms with van der Waals surface area (Å²) < 4.78 is 11.0. The molecule has 1 N–H and O–H groups in total. The number of aryl methyl sites for hydroxylation is 1. The summed E-state index contributed by atoms with van der Waals surface area (Å²) in [5.74, 6) is 1.82. The number of rotatable bonds is 7. The van der Waals surface area contributed by atoms with Crippen LogP contribution in [0.1, 0.15) is 25.0 Å². The van der Waals surface area contributed by atoms with Gasteiger partial charge in [-0.2, -0.15) is 0 Å². The molecular formula is C24H22N2O5. The number of nitrogens with zero attached hydrogens (tertiary/aromatic N) is 1. The Kier molecular flexibility index (Phi) is 6.73. The summed E-state index contributed by atoms with van der Waals surface area (Å²) >= 11 is 0. The lowest BCUT2D eigenvalue weighted by Gasteiger charge is -2.28. The zero-order valence-electron chi connectivity index (χ0n) is 17.3. The number of hydrogen-bond donors (Lipinski definition) is 1. The number of terminal acetylenes is 1. The van der Waals surface area contributed by atoms with Crippen LogP contribution in [-0.2, 0) is 16.0 Å². The highest BCUT2D eigenvalue weighted by atomic mass is 16.5. The Labute approximate surface area is 180 Å². The molecule has 0 aliphatic carbocycles. The SMILES string of the molecule is C#CCOc1ccc(C=C2C(=O)NC(=O)N(c3ccccc3CC)C2=O)cc1OCC. The van der Waals surface area contributed by atoms with Crippen LogP contribution in [0.3, 0.4) is 0 Å². The predicted octanol–water partition coefficient (Wildman–Crippen LogP) is 3.33. The normalized spacial score (nSPS) is 14.9. The van der Waals surface area contributed by atoms with Crippen LogP contribution in [0.25, 0.3) is 6.08 Å². The van der Waals surface area contributed by atoms with E-state index >= 15 is 0 Å². The van der Waals surface area contributed by atoms with E-state index in [0.29, 0.717) is 35.8 Å². The lowest BCUT2D eigenvalue weighted by Crippen LogP contribution is -2.54. The van der Waals surface area contributed by atoms with Crippen molar-refractivity contribution < 1.29 is 23.9 Å². The number of urea groups is 1. The molecule has 158 valence electrons. The van der Waals surface area contributed by atoms with E-state index in [9.17, 15) is 14.4 Å². The maximum atomic E-state index is 13.1. The topological polar surface area (TPSA) is 84.9 Å². The number of amides is 4. The van der Waals surface area contributed by atoms with E-state index in [4.69, 9.17) is 15.9 Å². The van der Waals surface area contributed by atoms with Gasteiger partial charge in [0, 0.05) is 0 Å². The van der Waals surface area contributed by atoms with E-state index in [1.807, 2.05) is 26.0 Å². The van der Waals surface area contributed by atoms with Gasteiger partial charge in [0.05, 0.1) is 12.3 Å². The van der Waals surface area contributed by atoms with Crippen LogP contribution in [0, 0.1) is 12.3 Å². The number of benzene rings is 2. The molecule has 31 heavy (non-hydrogen) atoms. The van der Waals surface area contributed by atoms with E-state index in [-0.39, 0.29) is 12.2 Å². The van der Waals surface area contributed by atoms with Gasteiger partial charge in [-0.3, -0.25) is 14.9 Å². The number of carbonyl (C=O) groups excluding carboxylic acids is 3. The van der Waals surface area contributed by atoms with Crippen molar-refractivity contribution >= 4 is 29.6 Å². The highest BCUT2D eigenvalue weighted by Gasteiger charge is 2.37. The monoisotopic (exact) mass is 418 g/mol. The minimum absolute atomic E-state index is 0.0787. The number of anilines is 1. The molecule has 4 amide bonds. The van der Waals surface area contributed by atoms with Crippen LogP contribution >= 0.6 is 0 Å². The molecule has 1 aliphatic heterocycles. The van der Waals surface area contributed by atoms with Crippen LogP contribution in [-0.4, -0.2) is 31.1 Å². The van der Waals surface area contributed by atoms with E-state index in [1.54, 1.807) is 30.3 Å². The number of ether oxygens (including phenoxy) is 2. The lowest BCUT2D eigenvalue weighted by atomic mass is 10.0. The van der Waals surface area contributed by atoms with Crippen LogP contribution in [0.15, 0.2) is 48.0 Å². The first-order chi connectivity index (χ1) is 15.0. The molecule has 0 saturated carbocycles. The molecule has 2 aromatic rings. The maximum Gasteiger partial charge on any atom is 0.335 e. The summed E-state index contributed by atoms with van der Waals surface area (Å²) in [7, 11) is 0. The van der Waals surface area contributed by atoms with Crippen molar-refractivity contribution in [2.24, 2.45) is 0 Å². The summed E-state index contributed by atoms with van der Waals surface area (Å²) in [6.45, 7) is 4.21. The molecule has 0 atom stereocenters. The predicted molar refractivity (Wildman–Crippen MR) is 117 cm³/mol. The third-order valence-electron chi connectivity index (χ3n) is 4.60. The van der Waals surface area contributed by atoms with Crippen molar-refractivity contribution in [3.8, 4) is 23.8 Å². The fourth-order valence-electron chi connectivity index (χ4n) is 3.19. The lowest BCUT2D eigenvalue weighted by molar-refractivity contribution is -0.122. The highest BCUT2D eigenvalue weighted by molar-refractivity contribution is 6.39. The van der Waals surface area contributed by atoms with Gasteiger partial charge in [0.2, 0.25) is 0 Å². The zero-order chi connectivity index (χ0) is 22.4. The van der Waals surface area contributed by atoms with Crippen molar-refractivity contribution in [2.75, 3.05) is 18.1 Å². The van der Waals surface area contributed by atoms with Gasteiger partial charge >= 0.3 is 6.03 Å². The number of carbonyl (C=O) groups is 3. The Hall–Kier alpha value is -4.05. The van der Waals surface area contributed by atoms with Crippen molar-refractivity contribution in [2.45, 2.75) is 20.3 Å². The van der Waals surface area contributed by atoms with Crippen LogP contribution < -0.4 is 19.7 Å². The summed E-state index contributed by atoms with van der Waals surface area (Å²) in [5.41, 5.74) is 1.63. The molecule has 0 unspecified atom stereocenters. The summed E-state index contributed by atoms with van der Waals surface area (Å²) in [6.07, 6.45) is 7.28. The fourth-order valence-corrected chi connectivity index (χ4v) is 3.19. The van der Waals surface area contributed by atoms with E-state index in [1.165, 1.54) is 6.08 Å². The van der Waals surface area contributed by atoms with Crippen LogP contribution in [0.4, 0.5) is 10.5 Å². The molecule has 0 aromatic heterocycles. The molecule has 0 bridgehead atoms. The van der Waals surface area contributed by atoms with E-state index in [0.717, 1.165) is 10.5 Å². The first-order valence-corrected chi connectivity index (χ1v) is 9.82. The number of barbiturate groups is 1. The van der Waals surface area contributed by atoms with E-state index in [2.05, 4.69) is 11.2 Å². The molecular weight excluding hydrogens is 396 g/mol.